The number of rotatable bonds is 7. The Bertz CT molecular complexity index is 1410. The average Bonchev–Trinajstić information content (AvgIpc) is 2.95. The van der Waals surface area contributed by atoms with Gasteiger partial charge in [-0.15, -0.1) is 0 Å². The number of amides is 1. The van der Waals surface area contributed by atoms with Gasteiger partial charge in [-0.25, -0.2) is 19.3 Å². The van der Waals surface area contributed by atoms with Gasteiger partial charge in [0.05, 0.1) is 42.0 Å². The lowest BCUT2D eigenvalue weighted by Gasteiger charge is -2.27. The molecule has 194 valence electrons. The van der Waals surface area contributed by atoms with Crippen LogP contribution in [0.1, 0.15) is 16.1 Å². The van der Waals surface area contributed by atoms with Crippen LogP contribution in [0.2, 0.25) is 5.02 Å². The molecule has 1 aromatic carbocycles. The molecule has 0 atom stereocenters. The number of anilines is 3. The van der Waals surface area contributed by atoms with Crippen LogP contribution in [0, 0.1) is 12.7 Å². The number of aryl methyl sites for hydroxylation is 1. The maximum absolute atomic E-state index is 14.2. The Labute approximate surface area is 222 Å². The minimum atomic E-state index is -0.529. The zero-order valence-corrected chi connectivity index (χ0v) is 21.1. The number of nitrogens with zero attached hydrogens (tertiary/aromatic N) is 6. The Balaban J connectivity index is 1.22. The van der Waals surface area contributed by atoms with Crippen molar-refractivity contribution in [1.82, 2.24) is 30.3 Å². The maximum Gasteiger partial charge on any atom is 0.352 e. The normalized spacial score (nSPS) is 13.3. The Morgan fingerprint density at radius 3 is 2.61 bits per heavy atom. The number of nitrogens with two attached hydrogens (primary N) is 1. The number of nitrogens with one attached hydrogen (secondary N) is 2. The molecule has 0 radical (unpaired) electrons. The highest BCUT2D eigenvalue weighted by Crippen LogP contribution is 2.33. The molecule has 1 aliphatic rings. The lowest BCUT2D eigenvalue weighted by atomic mass is 10.1. The number of nitrogen functional groups attached to an aromatic ring is 1. The standard InChI is InChI=1S/C25H23ClFN9O2/c1-15-11-16(22-28-5-2-6-29-22)12-18(26)21(15)32-17-3-4-20(30-13-17)24(37)34-35-25-31-14-19(27)23(33-25)36-7-9-38-10-8-36/h2-6,11-14,32H,7-10H2,1H3,(H,34,37)(H,31,33,35)/p+1. The number of halogens is 2. The van der Waals surface area contributed by atoms with E-state index in [-0.39, 0.29) is 17.5 Å². The summed E-state index contributed by atoms with van der Waals surface area (Å²) in [5, 5.41) is 3.74. The molecule has 38 heavy (non-hydrogen) atoms. The largest absolute Gasteiger partial charge is 0.378 e. The average molecular weight is 537 g/mol. The summed E-state index contributed by atoms with van der Waals surface area (Å²) in [6, 6.07) is 8.78. The molecule has 0 spiro atoms. The number of carbonyl (C=O) groups excluding carboxylic acids is 1. The predicted molar refractivity (Wildman–Crippen MR) is 139 cm³/mol. The maximum atomic E-state index is 14.2. The quantitative estimate of drug-likeness (QED) is 0.185. The van der Waals surface area contributed by atoms with Gasteiger partial charge in [0.2, 0.25) is 0 Å². The molecule has 4 N–H and O–H groups in total. The molecule has 11 nitrogen and oxygen atoms in total. The van der Waals surface area contributed by atoms with Crippen molar-refractivity contribution in [2.45, 2.75) is 6.92 Å². The van der Waals surface area contributed by atoms with Crippen LogP contribution in [0.25, 0.3) is 11.4 Å². The summed E-state index contributed by atoms with van der Waals surface area (Å²) in [4.78, 5) is 35.3. The molecule has 0 aliphatic carbocycles. The first-order valence-electron chi connectivity index (χ1n) is 11.8. The van der Waals surface area contributed by atoms with Crippen LogP contribution in [0.4, 0.5) is 27.5 Å². The Kier molecular flexibility index (Phi) is 7.63. The van der Waals surface area contributed by atoms with Crippen LogP contribution in [-0.4, -0.2) is 57.1 Å². The molecule has 0 unspecified atom stereocenters. The van der Waals surface area contributed by atoms with Crippen molar-refractivity contribution in [2.24, 2.45) is 0 Å². The molecule has 5 rings (SSSR count). The van der Waals surface area contributed by atoms with Gasteiger partial charge in [-0.1, -0.05) is 11.6 Å². The zero-order chi connectivity index (χ0) is 26.5. The van der Waals surface area contributed by atoms with Crippen molar-refractivity contribution in [2.75, 3.05) is 36.5 Å². The van der Waals surface area contributed by atoms with E-state index in [9.17, 15) is 9.18 Å². The highest BCUT2D eigenvalue weighted by Gasteiger charge is 2.20. The van der Waals surface area contributed by atoms with Crippen LogP contribution >= 0.6 is 11.6 Å². The molecule has 1 aliphatic heterocycles. The van der Waals surface area contributed by atoms with Crippen LogP contribution in [0.5, 0.6) is 0 Å². The van der Waals surface area contributed by atoms with Gasteiger partial charge in [-0.3, -0.25) is 4.79 Å². The minimum Gasteiger partial charge on any atom is -0.378 e. The highest BCUT2D eigenvalue weighted by molar-refractivity contribution is 6.33. The van der Waals surface area contributed by atoms with Crippen molar-refractivity contribution in [3.05, 3.63) is 77.2 Å². The summed E-state index contributed by atoms with van der Waals surface area (Å²) in [7, 11) is 0. The van der Waals surface area contributed by atoms with Gasteiger partial charge < -0.3 is 15.0 Å². The first kappa shape index (κ1) is 25.4. The van der Waals surface area contributed by atoms with Crippen molar-refractivity contribution in [3.63, 3.8) is 0 Å². The van der Waals surface area contributed by atoms with E-state index in [4.69, 9.17) is 16.3 Å². The zero-order valence-electron chi connectivity index (χ0n) is 20.4. The summed E-state index contributed by atoms with van der Waals surface area (Å²) in [5.41, 5.74) is 7.17. The monoisotopic (exact) mass is 536 g/mol. The highest BCUT2D eigenvalue weighted by atomic mass is 35.5. The SMILES string of the molecule is Cc1cc(-c2ncccn2)cc(Cl)c1Nc1ccc(C(=O)N[NH2+]c2ncc(F)c(N3CCOCC3)n2)nc1. The topological polar surface area (TPSA) is 135 Å². The molecule has 1 fully saturated rings. The Morgan fingerprint density at radius 2 is 1.89 bits per heavy atom. The fourth-order valence-corrected chi connectivity index (χ4v) is 4.18. The van der Waals surface area contributed by atoms with Crippen molar-refractivity contribution < 1.29 is 19.3 Å². The summed E-state index contributed by atoms with van der Waals surface area (Å²) in [6.45, 7) is 3.97. The molecular formula is C25H24ClFN9O2+. The third-order valence-electron chi connectivity index (χ3n) is 5.76. The molecule has 4 aromatic rings. The fourth-order valence-electron chi connectivity index (χ4n) is 3.87. The summed E-state index contributed by atoms with van der Waals surface area (Å²) in [5.74, 6) is -0.0526. The first-order chi connectivity index (χ1) is 18.5. The summed E-state index contributed by atoms with van der Waals surface area (Å²) >= 11 is 6.53. The lowest BCUT2D eigenvalue weighted by molar-refractivity contribution is -0.625. The third kappa shape index (κ3) is 5.83. The number of benzene rings is 1. The fraction of sp³-hybridized carbons (Fsp3) is 0.200. The molecule has 0 saturated carbocycles. The van der Waals surface area contributed by atoms with E-state index in [0.717, 1.165) is 17.3 Å². The van der Waals surface area contributed by atoms with Crippen LogP contribution < -0.4 is 21.1 Å². The van der Waals surface area contributed by atoms with Gasteiger partial charge in [-0.2, -0.15) is 20.8 Å². The lowest BCUT2D eigenvalue weighted by Crippen LogP contribution is -2.90. The van der Waals surface area contributed by atoms with E-state index >= 15 is 0 Å². The minimum absolute atomic E-state index is 0.175. The molecule has 13 heteroatoms. The number of ether oxygens (including phenoxy) is 1. The van der Waals surface area contributed by atoms with Gasteiger partial charge >= 0.3 is 11.9 Å². The van der Waals surface area contributed by atoms with E-state index in [0.29, 0.717) is 48.5 Å². The number of carbonyl (C=O) groups is 1. The van der Waals surface area contributed by atoms with Gasteiger partial charge in [-0.05, 0) is 42.8 Å². The predicted octanol–water partition coefficient (Wildman–Crippen LogP) is 2.55. The molecular weight excluding hydrogens is 513 g/mol. The van der Waals surface area contributed by atoms with Crippen molar-refractivity contribution >= 4 is 40.6 Å². The third-order valence-corrected chi connectivity index (χ3v) is 6.06. The van der Waals surface area contributed by atoms with E-state index < -0.39 is 11.7 Å². The number of morpholine rings is 1. The van der Waals surface area contributed by atoms with E-state index in [1.807, 2.05) is 13.0 Å². The number of hydrogen-bond donors (Lipinski definition) is 3. The van der Waals surface area contributed by atoms with Crippen molar-refractivity contribution in [1.29, 1.82) is 0 Å². The second-order valence-electron chi connectivity index (χ2n) is 8.40. The number of quaternary nitrogens is 1. The molecule has 4 heterocycles. The van der Waals surface area contributed by atoms with Crippen LogP contribution in [-0.2, 0) is 4.74 Å². The number of aromatic nitrogens is 5. The second-order valence-corrected chi connectivity index (χ2v) is 8.80. The van der Waals surface area contributed by atoms with Crippen LogP contribution in [0.15, 0.2) is 55.1 Å². The summed E-state index contributed by atoms with van der Waals surface area (Å²) < 4.78 is 19.5. The van der Waals surface area contributed by atoms with Gasteiger partial charge in [0.1, 0.15) is 5.69 Å². The first-order valence-corrected chi connectivity index (χ1v) is 12.2. The molecule has 1 amide bonds. The molecule has 1 saturated heterocycles. The Morgan fingerprint density at radius 1 is 1.11 bits per heavy atom. The Hall–Kier alpha value is -4.26. The van der Waals surface area contributed by atoms with E-state index in [2.05, 4.69) is 35.7 Å². The summed E-state index contributed by atoms with van der Waals surface area (Å²) in [6.07, 6.45) is 5.97. The van der Waals surface area contributed by atoms with Gasteiger partial charge in [0.25, 0.3) is 0 Å². The smallest absolute Gasteiger partial charge is 0.352 e. The molecule has 0 bridgehead atoms. The number of hydrogen-bond acceptors (Lipinski definition) is 9. The van der Waals surface area contributed by atoms with Gasteiger partial charge in [0, 0.05) is 31.0 Å². The second kappa shape index (κ2) is 11.4. The van der Waals surface area contributed by atoms with Gasteiger partial charge in [0.15, 0.2) is 17.5 Å². The van der Waals surface area contributed by atoms with Crippen LogP contribution in [0.3, 0.4) is 0 Å². The molecule has 3 aromatic heterocycles. The van der Waals surface area contributed by atoms with E-state index in [1.165, 1.54) is 11.6 Å². The number of pyridine rings is 1. The van der Waals surface area contributed by atoms with E-state index in [1.54, 1.807) is 41.6 Å². The van der Waals surface area contributed by atoms with Crippen molar-refractivity contribution in [3.8, 4) is 11.4 Å².